The van der Waals surface area contributed by atoms with Crippen molar-refractivity contribution >= 4 is 0 Å². The van der Waals surface area contributed by atoms with Crippen LogP contribution in [0, 0.1) is 0 Å². The van der Waals surface area contributed by atoms with E-state index >= 15 is 0 Å². The monoisotopic (exact) mass is 350 g/mol. The number of hydrogen-bond donors (Lipinski definition) is 1. The van der Waals surface area contributed by atoms with Gasteiger partial charge >= 0.3 is 0 Å². The minimum atomic E-state index is 0.836. The molecule has 0 spiro atoms. The number of benzene rings is 1. The molecule has 0 fully saturated rings. The molecule has 1 aromatic carbocycles. The maximum atomic E-state index is 4.77. The van der Waals surface area contributed by atoms with Crippen LogP contribution in [-0.2, 0) is 25.9 Å². The minimum absolute atomic E-state index is 0.836. The maximum Gasteiger partial charge on any atom is 0.181 e. The second kappa shape index (κ2) is 7.83. The molecule has 1 aliphatic rings. The van der Waals surface area contributed by atoms with E-state index in [9.17, 15) is 0 Å². The lowest BCUT2D eigenvalue weighted by atomic mass is 10.2. The summed E-state index contributed by atoms with van der Waals surface area (Å²) in [5, 5.41) is 4.72. The Hall–Kier alpha value is -2.47. The highest BCUT2D eigenvalue weighted by molar-refractivity contribution is 5.54. The van der Waals surface area contributed by atoms with Crippen molar-refractivity contribution in [2.24, 2.45) is 0 Å². The lowest BCUT2D eigenvalue weighted by Crippen LogP contribution is -2.26. The number of rotatable bonds is 6. The Bertz CT molecular complexity index is 810. The van der Waals surface area contributed by atoms with Gasteiger partial charge in [0.05, 0.1) is 6.54 Å². The number of H-pyrrole nitrogens is 1. The van der Waals surface area contributed by atoms with Crippen molar-refractivity contribution in [2.45, 2.75) is 45.7 Å². The van der Waals surface area contributed by atoms with Gasteiger partial charge in [-0.15, -0.1) is 0 Å². The topological polar surface area (TPSA) is 62.6 Å². The van der Waals surface area contributed by atoms with Crippen molar-refractivity contribution in [1.82, 2.24) is 29.6 Å². The van der Waals surface area contributed by atoms with Gasteiger partial charge in [0.25, 0.3) is 0 Å². The van der Waals surface area contributed by atoms with Crippen molar-refractivity contribution in [1.29, 1.82) is 0 Å². The zero-order valence-corrected chi connectivity index (χ0v) is 15.4. The first kappa shape index (κ1) is 17.0. The van der Waals surface area contributed by atoms with E-state index in [0.29, 0.717) is 0 Å². The van der Waals surface area contributed by atoms with Gasteiger partial charge in [-0.3, -0.25) is 4.90 Å². The number of nitrogens with zero attached hydrogens (tertiary/aromatic N) is 5. The first-order valence-corrected chi connectivity index (χ1v) is 9.56. The molecule has 6 nitrogen and oxygen atoms in total. The Morgan fingerprint density at radius 3 is 2.85 bits per heavy atom. The van der Waals surface area contributed by atoms with Crippen LogP contribution in [0.1, 0.15) is 37.1 Å². The van der Waals surface area contributed by atoms with E-state index in [1.54, 1.807) is 0 Å². The SMILES string of the molecule is CCCCc1ncc(CN2CCc3nc(-c4ccccc4)nn3CC2)[nH]1. The Morgan fingerprint density at radius 2 is 2.00 bits per heavy atom. The molecule has 0 amide bonds. The molecule has 6 heteroatoms. The predicted molar refractivity (Wildman–Crippen MR) is 102 cm³/mol. The van der Waals surface area contributed by atoms with Crippen molar-refractivity contribution in [3.05, 3.63) is 53.9 Å². The molecule has 3 aromatic rings. The number of imidazole rings is 1. The van der Waals surface area contributed by atoms with Gasteiger partial charge in [0.2, 0.25) is 0 Å². The quantitative estimate of drug-likeness (QED) is 0.742. The molecule has 0 saturated carbocycles. The second-order valence-corrected chi connectivity index (χ2v) is 6.93. The molecule has 0 unspecified atom stereocenters. The normalized spacial score (nSPS) is 15.0. The highest BCUT2D eigenvalue weighted by atomic mass is 15.4. The highest BCUT2D eigenvalue weighted by Crippen LogP contribution is 2.17. The fourth-order valence-electron chi connectivity index (χ4n) is 3.41. The molecule has 0 saturated heterocycles. The lowest BCUT2D eigenvalue weighted by Gasteiger charge is -2.18. The Morgan fingerprint density at radius 1 is 1.12 bits per heavy atom. The van der Waals surface area contributed by atoms with E-state index in [2.05, 4.69) is 38.6 Å². The van der Waals surface area contributed by atoms with Crippen LogP contribution in [0.2, 0.25) is 0 Å². The number of unbranched alkanes of at least 4 members (excludes halogenated alkanes) is 1. The average Bonchev–Trinajstić information content (AvgIpc) is 3.25. The van der Waals surface area contributed by atoms with Crippen LogP contribution in [0.4, 0.5) is 0 Å². The van der Waals surface area contributed by atoms with Crippen molar-refractivity contribution in [3.63, 3.8) is 0 Å². The molecular weight excluding hydrogens is 324 g/mol. The lowest BCUT2D eigenvalue weighted by molar-refractivity contribution is 0.266. The van der Waals surface area contributed by atoms with Crippen LogP contribution in [0.3, 0.4) is 0 Å². The summed E-state index contributed by atoms with van der Waals surface area (Å²) in [4.78, 5) is 15.2. The third-order valence-electron chi connectivity index (χ3n) is 4.90. The van der Waals surface area contributed by atoms with Crippen LogP contribution in [-0.4, -0.2) is 42.7 Å². The summed E-state index contributed by atoms with van der Waals surface area (Å²) in [5.41, 5.74) is 2.29. The van der Waals surface area contributed by atoms with Gasteiger partial charge in [-0.25, -0.2) is 14.6 Å². The first-order valence-electron chi connectivity index (χ1n) is 9.56. The number of fused-ring (bicyclic) bond motifs is 1. The van der Waals surface area contributed by atoms with Crippen LogP contribution < -0.4 is 0 Å². The average molecular weight is 350 g/mol. The summed E-state index contributed by atoms with van der Waals surface area (Å²) < 4.78 is 2.07. The fraction of sp³-hybridized carbons (Fsp3) is 0.450. The van der Waals surface area contributed by atoms with Crippen molar-refractivity contribution < 1.29 is 0 Å². The number of aromatic nitrogens is 5. The Kier molecular flexibility index (Phi) is 5.11. The van der Waals surface area contributed by atoms with Gasteiger partial charge in [0, 0.05) is 49.9 Å². The van der Waals surface area contributed by atoms with E-state index in [1.165, 1.54) is 18.5 Å². The van der Waals surface area contributed by atoms with E-state index in [0.717, 1.165) is 62.1 Å². The molecule has 4 rings (SSSR count). The van der Waals surface area contributed by atoms with E-state index in [1.807, 2.05) is 24.4 Å². The van der Waals surface area contributed by atoms with Crippen molar-refractivity contribution in [3.8, 4) is 11.4 Å². The van der Waals surface area contributed by atoms with Crippen LogP contribution in [0.5, 0.6) is 0 Å². The number of aryl methyl sites for hydroxylation is 1. The zero-order valence-electron chi connectivity index (χ0n) is 15.4. The third kappa shape index (κ3) is 3.85. The molecule has 0 bridgehead atoms. The summed E-state index contributed by atoms with van der Waals surface area (Å²) in [6.07, 6.45) is 6.34. The van der Waals surface area contributed by atoms with E-state index in [-0.39, 0.29) is 0 Å². The third-order valence-corrected chi connectivity index (χ3v) is 4.90. The maximum absolute atomic E-state index is 4.77. The van der Waals surface area contributed by atoms with Gasteiger partial charge in [0.15, 0.2) is 5.82 Å². The zero-order chi connectivity index (χ0) is 17.8. The van der Waals surface area contributed by atoms with Crippen LogP contribution >= 0.6 is 0 Å². The Labute approximate surface area is 154 Å². The second-order valence-electron chi connectivity index (χ2n) is 6.93. The molecule has 2 aromatic heterocycles. The summed E-state index contributed by atoms with van der Waals surface area (Å²) >= 11 is 0. The molecule has 3 heterocycles. The Balaban J connectivity index is 1.38. The summed E-state index contributed by atoms with van der Waals surface area (Å²) in [7, 11) is 0. The van der Waals surface area contributed by atoms with Crippen molar-refractivity contribution in [2.75, 3.05) is 13.1 Å². The molecule has 1 aliphatic heterocycles. The van der Waals surface area contributed by atoms with E-state index in [4.69, 9.17) is 10.1 Å². The number of hydrogen-bond acceptors (Lipinski definition) is 4. The fourth-order valence-corrected chi connectivity index (χ4v) is 3.41. The molecule has 136 valence electrons. The van der Waals surface area contributed by atoms with Gasteiger partial charge in [-0.05, 0) is 6.42 Å². The van der Waals surface area contributed by atoms with E-state index < -0.39 is 0 Å². The van der Waals surface area contributed by atoms with Gasteiger partial charge < -0.3 is 4.98 Å². The molecule has 26 heavy (non-hydrogen) atoms. The van der Waals surface area contributed by atoms with Gasteiger partial charge in [-0.1, -0.05) is 43.7 Å². The van der Waals surface area contributed by atoms with Gasteiger partial charge in [-0.2, -0.15) is 5.10 Å². The minimum Gasteiger partial charge on any atom is -0.345 e. The highest BCUT2D eigenvalue weighted by Gasteiger charge is 2.18. The van der Waals surface area contributed by atoms with Crippen LogP contribution in [0.25, 0.3) is 11.4 Å². The molecule has 0 radical (unpaired) electrons. The predicted octanol–water partition coefficient (Wildman–Crippen LogP) is 3.07. The number of nitrogens with one attached hydrogen (secondary N) is 1. The summed E-state index contributed by atoms with van der Waals surface area (Å²) in [5.74, 6) is 3.03. The van der Waals surface area contributed by atoms with Crippen LogP contribution in [0.15, 0.2) is 36.5 Å². The molecular formula is C20H26N6. The van der Waals surface area contributed by atoms with Gasteiger partial charge in [0.1, 0.15) is 11.6 Å². The number of aromatic amines is 1. The summed E-state index contributed by atoms with van der Waals surface area (Å²) in [6.45, 7) is 5.98. The standard InChI is InChI=1S/C20H26N6/c1-2-3-9-18-21-14-17(22-18)15-25-11-10-19-23-20(24-26(19)13-12-25)16-7-5-4-6-8-16/h4-8,14H,2-3,9-13,15H2,1H3,(H,21,22). The smallest absolute Gasteiger partial charge is 0.181 e. The molecule has 1 N–H and O–H groups in total. The summed E-state index contributed by atoms with van der Waals surface area (Å²) in [6, 6.07) is 10.2. The largest absolute Gasteiger partial charge is 0.345 e. The molecule has 0 atom stereocenters. The molecule has 0 aliphatic carbocycles. The first-order chi connectivity index (χ1) is 12.8.